The number of alkyl carbamates (subject to hydrolysis) is 1. The molecule has 43 heavy (non-hydrogen) atoms. The Morgan fingerprint density at radius 3 is 2.00 bits per heavy atom. The second-order valence-electron chi connectivity index (χ2n) is 9.54. The largest absolute Gasteiger partial charge is 0.480 e. The molecule has 4 aromatic rings. The van der Waals surface area contributed by atoms with Gasteiger partial charge in [0.2, 0.25) is 0 Å². The first-order valence-electron chi connectivity index (χ1n) is 13.4. The number of nitrogens with one attached hydrogen (secondary N) is 3. The van der Waals surface area contributed by atoms with Crippen molar-refractivity contribution in [3.8, 4) is 0 Å². The first-order valence-corrected chi connectivity index (χ1v) is 13.4. The van der Waals surface area contributed by atoms with E-state index in [1.165, 1.54) is 6.20 Å². The van der Waals surface area contributed by atoms with E-state index in [1.54, 1.807) is 55.5 Å². The van der Waals surface area contributed by atoms with Crippen molar-refractivity contribution in [2.45, 2.75) is 39.3 Å². The minimum atomic E-state index is -1.41. The number of carbonyl (C=O) groups is 3. The van der Waals surface area contributed by atoms with Gasteiger partial charge in [-0.15, -0.1) is 0 Å². The summed E-state index contributed by atoms with van der Waals surface area (Å²) in [6.45, 7) is 1.85. The summed E-state index contributed by atoms with van der Waals surface area (Å²) in [5.74, 6) is -0.999. The second-order valence-corrected chi connectivity index (χ2v) is 9.54. The smallest absolute Gasteiger partial charge is 0.411 e. The van der Waals surface area contributed by atoms with Crippen LogP contribution in [0.5, 0.6) is 0 Å². The first kappa shape index (κ1) is 30.3. The van der Waals surface area contributed by atoms with Gasteiger partial charge in [0.1, 0.15) is 25.1 Å². The summed E-state index contributed by atoms with van der Waals surface area (Å²) in [7, 11) is 0. The molecular weight excluding hydrogens is 554 g/mol. The van der Waals surface area contributed by atoms with Gasteiger partial charge in [-0.2, -0.15) is 4.98 Å². The van der Waals surface area contributed by atoms with Gasteiger partial charge in [0.05, 0.1) is 6.54 Å². The van der Waals surface area contributed by atoms with Gasteiger partial charge in [-0.1, -0.05) is 72.8 Å². The number of carboxylic acids is 1. The van der Waals surface area contributed by atoms with Gasteiger partial charge in [-0.05, 0) is 35.7 Å². The summed E-state index contributed by atoms with van der Waals surface area (Å²) in [4.78, 5) is 52.7. The highest BCUT2D eigenvalue weighted by Gasteiger charge is 2.22. The number of hydrogen-bond donors (Lipinski definition) is 4. The third-order valence-electron chi connectivity index (χ3n) is 6.23. The predicted octanol–water partition coefficient (Wildman–Crippen LogP) is 4.29. The van der Waals surface area contributed by atoms with Crippen LogP contribution in [0.25, 0.3) is 0 Å². The Morgan fingerprint density at radius 2 is 1.42 bits per heavy atom. The number of ether oxygens (including phenoxy) is 2. The molecule has 0 spiro atoms. The van der Waals surface area contributed by atoms with Crippen LogP contribution in [0.3, 0.4) is 0 Å². The van der Waals surface area contributed by atoms with Crippen molar-refractivity contribution >= 4 is 29.7 Å². The van der Waals surface area contributed by atoms with Crippen molar-refractivity contribution in [2.24, 2.45) is 0 Å². The van der Waals surface area contributed by atoms with E-state index in [1.807, 2.05) is 36.4 Å². The number of benzene rings is 3. The highest BCUT2D eigenvalue weighted by molar-refractivity contribution is 5.84. The van der Waals surface area contributed by atoms with Gasteiger partial charge in [0.15, 0.2) is 0 Å². The molecule has 0 aliphatic heterocycles. The Labute approximate surface area is 247 Å². The minimum absolute atomic E-state index is 0.0273. The van der Waals surface area contributed by atoms with Crippen LogP contribution in [-0.2, 0) is 40.6 Å². The lowest BCUT2D eigenvalue weighted by atomic mass is 10.2. The molecule has 0 fully saturated rings. The molecule has 0 saturated carbocycles. The summed E-state index contributed by atoms with van der Waals surface area (Å²) in [5.41, 5.74) is 2.95. The Kier molecular flexibility index (Phi) is 10.5. The second kappa shape index (κ2) is 14.8. The monoisotopic (exact) mass is 585 g/mol. The highest BCUT2D eigenvalue weighted by atomic mass is 16.6. The van der Waals surface area contributed by atoms with Crippen molar-refractivity contribution < 1.29 is 29.0 Å². The summed E-state index contributed by atoms with van der Waals surface area (Å²) in [5, 5.41) is 17.6. The maximum Gasteiger partial charge on any atom is 0.411 e. The van der Waals surface area contributed by atoms with Gasteiger partial charge in [-0.25, -0.2) is 19.2 Å². The van der Waals surface area contributed by atoms with Crippen LogP contribution in [0.1, 0.15) is 22.3 Å². The topological polar surface area (TPSA) is 161 Å². The van der Waals surface area contributed by atoms with E-state index in [9.17, 15) is 24.3 Å². The van der Waals surface area contributed by atoms with Crippen LogP contribution in [0.2, 0.25) is 0 Å². The summed E-state index contributed by atoms with van der Waals surface area (Å²) < 4.78 is 11.4. The molecular formula is C31H31N5O7. The van der Waals surface area contributed by atoms with Crippen LogP contribution in [-0.4, -0.2) is 38.9 Å². The Hall–Kier alpha value is -5.65. The van der Waals surface area contributed by atoms with E-state index >= 15 is 0 Å². The number of aryl methyl sites for hydroxylation is 1. The van der Waals surface area contributed by atoms with E-state index in [2.05, 4.69) is 20.9 Å². The first-order chi connectivity index (χ1) is 20.8. The Morgan fingerprint density at radius 1 is 0.837 bits per heavy atom. The average Bonchev–Trinajstić information content (AvgIpc) is 3.01. The molecule has 222 valence electrons. The number of aliphatic carboxylic acids is 1. The Balaban J connectivity index is 1.28. The maximum absolute atomic E-state index is 12.7. The molecule has 1 heterocycles. The SMILES string of the molecule is Cc1cn(C[C@H](NC(=O)OCc2ccccc2)C(=O)O)c(=O)nc1NCc1ccc(NC(=O)OCc2ccccc2)cc1. The standard InChI is InChI=1S/C31H31N5O7/c1-21-17-36(18-26(28(37)38)34-31(41)43-20-24-10-6-3-7-11-24)29(39)35-27(21)32-16-22-12-14-25(15-13-22)33-30(40)42-19-23-8-4-2-5-9-23/h2-15,17,26H,16,18-20H2,1H3,(H,33,40)(H,34,41)(H,37,38)(H,32,35,39)/t26-/m0/s1. The van der Waals surface area contributed by atoms with Crippen LogP contribution >= 0.6 is 0 Å². The zero-order valence-electron chi connectivity index (χ0n) is 23.4. The molecule has 12 nitrogen and oxygen atoms in total. The molecule has 0 radical (unpaired) electrons. The lowest BCUT2D eigenvalue weighted by Gasteiger charge is -2.17. The molecule has 1 atom stereocenters. The third kappa shape index (κ3) is 9.46. The Bertz CT molecular complexity index is 1590. The molecule has 0 aliphatic carbocycles. The highest BCUT2D eigenvalue weighted by Crippen LogP contribution is 2.14. The van der Waals surface area contributed by atoms with E-state index in [0.717, 1.165) is 21.3 Å². The number of carboxylic acid groups (broad SMARTS) is 1. The summed E-state index contributed by atoms with van der Waals surface area (Å²) in [6.07, 6.45) is -0.0179. The number of rotatable bonds is 12. The van der Waals surface area contributed by atoms with Crippen molar-refractivity contribution in [3.05, 3.63) is 124 Å². The van der Waals surface area contributed by atoms with Gasteiger partial charge in [0.25, 0.3) is 0 Å². The molecule has 1 aromatic heterocycles. The number of aromatic nitrogens is 2. The van der Waals surface area contributed by atoms with Crippen LogP contribution in [0.15, 0.2) is 95.9 Å². The molecule has 4 rings (SSSR count). The number of nitrogens with zero attached hydrogens (tertiary/aromatic N) is 2. The molecule has 0 unspecified atom stereocenters. The van der Waals surface area contributed by atoms with Crippen LogP contribution < -0.4 is 21.6 Å². The van der Waals surface area contributed by atoms with Gasteiger partial charge in [0, 0.05) is 24.0 Å². The van der Waals surface area contributed by atoms with Gasteiger partial charge in [-0.3, -0.25) is 9.88 Å². The summed E-state index contributed by atoms with van der Waals surface area (Å²) in [6, 6.07) is 23.9. The molecule has 0 bridgehead atoms. The zero-order valence-corrected chi connectivity index (χ0v) is 23.4. The minimum Gasteiger partial charge on any atom is -0.480 e. The lowest BCUT2D eigenvalue weighted by molar-refractivity contribution is -0.139. The molecule has 4 N–H and O–H groups in total. The zero-order chi connectivity index (χ0) is 30.6. The van der Waals surface area contributed by atoms with E-state index in [4.69, 9.17) is 9.47 Å². The number of anilines is 2. The van der Waals surface area contributed by atoms with Crippen LogP contribution in [0, 0.1) is 6.92 Å². The molecule has 0 saturated heterocycles. The number of carbonyl (C=O) groups excluding carboxylic acids is 2. The van der Waals surface area contributed by atoms with Crippen molar-refractivity contribution in [1.82, 2.24) is 14.9 Å². The normalized spacial score (nSPS) is 11.2. The number of amides is 2. The van der Waals surface area contributed by atoms with Crippen molar-refractivity contribution in [1.29, 1.82) is 0 Å². The maximum atomic E-state index is 12.7. The molecule has 3 aromatic carbocycles. The molecule has 12 heteroatoms. The quantitative estimate of drug-likeness (QED) is 0.190. The average molecular weight is 586 g/mol. The summed E-state index contributed by atoms with van der Waals surface area (Å²) >= 11 is 0. The number of hydrogen-bond acceptors (Lipinski definition) is 8. The van der Waals surface area contributed by atoms with Crippen LogP contribution in [0.4, 0.5) is 21.1 Å². The van der Waals surface area contributed by atoms with Crippen molar-refractivity contribution in [3.63, 3.8) is 0 Å². The van der Waals surface area contributed by atoms with E-state index in [0.29, 0.717) is 23.6 Å². The van der Waals surface area contributed by atoms with E-state index in [-0.39, 0.29) is 19.8 Å². The fourth-order valence-corrected chi connectivity index (χ4v) is 3.97. The fraction of sp³-hybridized carbons (Fsp3) is 0.194. The van der Waals surface area contributed by atoms with Gasteiger partial charge < -0.3 is 25.2 Å². The van der Waals surface area contributed by atoms with Gasteiger partial charge >= 0.3 is 23.8 Å². The van der Waals surface area contributed by atoms with E-state index < -0.39 is 29.9 Å². The predicted molar refractivity (Wildman–Crippen MR) is 158 cm³/mol. The third-order valence-corrected chi connectivity index (χ3v) is 6.23. The van der Waals surface area contributed by atoms with Crippen molar-refractivity contribution in [2.75, 3.05) is 10.6 Å². The molecule has 2 amide bonds. The fourth-order valence-electron chi connectivity index (χ4n) is 3.97. The lowest BCUT2D eigenvalue weighted by Crippen LogP contribution is -2.45. The molecule has 0 aliphatic rings.